The van der Waals surface area contributed by atoms with Crippen molar-refractivity contribution in [1.82, 2.24) is 4.98 Å². The van der Waals surface area contributed by atoms with Crippen molar-refractivity contribution in [3.05, 3.63) is 70.7 Å². The van der Waals surface area contributed by atoms with Crippen LogP contribution in [0.5, 0.6) is 0 Å². The first-order chi connectivity index (χ1) is 12.6. The Morgan fingerprint density at radius 1 is 1.04 bits per heavy atom. The molecule has 0 saturated heterocycles. The lowest BCUT2D eigenvalue weighted by molar-refractivity contribution is 0.0530. The number of benzene rings is 2. The maximum atomic E-state index is 12.3. The molecule has 4 nitrogen and oxygen atoms in total. The van der Waals surface area contributed by atoms with Crippen molar-refractivity contribution >= 4 is 22.4 Å². The van der Waals surface area contributed by atoms with Gasteiger partial charge in [0.05, 0.1) is 12.3 Å². The van der Waals surface area contributed by atoms with Gasteiger partial charge in [-0.15, -0.1) is 0 Å². The number of hydrogen-bond donors (Lipinski definition) is 0. The molecule has 134 valence electrons. The van der Waals surface area contributed by atoms with Gasteiger partial charge in [0.15, 0.2) is 5.13 Å². The van der Waals surface area contributed by atoms with Crippen molar-refractivity contribution in [3.63, 3.8) is 0 Å². The number of anilines is 1. The van der Waals surface area contributed by atoms with Gasteiger partial charge in [-0.3, -0.25) is 0 Å². The van der Waals surface area contributed by atoms with Crippen LogP contribution in [0.15, 0.2) is 54.6 Å². The van der Waals surface area contributed by atoms with Gasteiger partial charge in [0.1, 0.15) is 4.88 Å². The van der Waals surface area contributed by atoms with E-state index < -0.39 is 0 Å². The second-order valence-electron chi connectivity index (χ2n) is 6.13. The van der Waals surface area contributed by atoms with Gasteiger partial charge >= 0.3 is 5.97 Å². The third-order valence-corrected chi connectivity index (χ3v) is 5.21. The third kappa shape index (κ3) is 4.11. The lowest BCUT2D eigenvalue weighted by Crippen LogP contribution is -2.08. The molecule has 5 heteroatoms. The standard InChI is InChI=1S/C21H22N2O2S/c1-4-25-20(24)19-18(22-21(26-19)23(2)3)14-15-10-12-17(13-11-15)16-8-6-5-7-9-16/h5-13H,4,14H2,1-3H3. The summed E-state index contributed by atoms with van der Waals surface area (Å²) in [6, 6.07) is 18.7. The summed E-state index contributed by atoms with van der Waals surface area (Å²) in [5, 5.41) is 0.809. The summed E-state index contributed by atoms with van der Waals surface area (Å²) in [7, 11) is 3.85. The Morgan fingerprint density at radius 2 is 1.69 bits per heavy atom. The predicted molar refractivity (Wildman–Crippen MR) is 107 cm³/mol. The van der Waals surface area contributed by atoms with E-state index in [1.807, 2.05) is 44.1 Å². The topological polar surface area (TPSA) is 42.4 Å². The van der Waals surface area contributed by atoms with E-state index >= 15 is 0 Å². The molecule has 0 aliphatic carbocycles. The summed E-state index contributed by atoms with van der Waals surface area (Å²) in [5.74, 6) is -0.297. The molecule has 0 amide bonds. The highest BCUT2D eigenvalue weighted by Crippen LogP contribution is 2.28. The van der Waals surface area contributed by atoms with E-state index in [-0.39, 0.29) is 5.97 Å². The highest BCUT2D eigenvalue weighted by molar-refractivity contribution is 7.17. The average molecular weight is 366 g/mol. The van der Waals surface area contributed by atoms with Crippen LogP contribution in [0, 0.1) is 0 Å². The van der Waals surface area contributed by atoms with Gasteiger partial charge in [0.2, 0.25) is 0 Å². The summed E-state index contributed by atoms with van der Waals surface area (Å²) >= 11 is 1.38. The largest absolute Gasteiger partial charge is 0.462 e. The highest BCUT2D eigenvalue weighted by atomic mass is 32.1. The Hall–Kier alpha value is -2.66. The van der Waals surface area contributed by atoms with Crippen molar-refractivity contribution in [2.45, 2.75) is 13.3 Å². The molecule has 0 aliphatic heterocycles. The molecular weight excluding hydrogens is 344 g/mol. The average Bonchev–Trinajstić information content (AvgIpc) is 3.08. The van der Waals surface area contributed by atoms with Crippen LogP contribution in [0.1, 0.15) is 27.9 Å². The fraction of sp³-hybridized carbons (Fsp3) is 0.238. The zero-order valence-corrected chi connectivity index (χ0v) is 16.0. The van der Waals surface area contributed by atoms with E-state index in [9.17, 15) is 4.79 Å². The van der Waals surface area contributed by atoms with Crippen LogP contribution < -0.4 is 4.90 Å². The number of hydrogen-bond acceptors (Lipinski definition) is 5. The smallest absolute Gasteiger partial charge is 0.350 e. The number of aromatic nitrogens is 1. The maximum Gasteiger partial charge on any atom is 0.350 e. The van der Waals surface area contributed by atoms with Crippen LogP contribution in [0.3, 0.4) is 0 Å². The summed E-state index contributed by atoms with van der Waals surface area (Å²) in [5.41, 5.74) is 4.25. The minimum Gasteiger partial charge on any atom is -0.462 e. The van der Waals surface area contributed by atoms with Gasteiger partial charge in [-0.2, -0.15) is 0 Å². The van der Waals surface area contributed by atoms with Crippen LogP contribution in [0.4, 0.5) is 5.13 Å². The number of ether oxygens (including phenoxy) is 1. The molecule has 0 spiro atoms. The quantitative estimate of drug-likeness (QED) is 0.596. The molecule has 2 aromatic carbocycles. The Labute approximate surface area is 158 Å². The number of carbonyl (C=O) groups is 1. The fourth-order valence-corrected chi connectivity index (χ4v) is 3.54. The number of esters is 1. The highest BCUT2D eigenvalue weighted by Gasteiger charge is 2.20. The van der Waals surface area contributed by atoms with Gasteiger partial charge < -0.3 is 9.64 Å². The Bertz CT molecular complexity index is 871. The number of nitrogens with zero attached hydrogens (tertiary/aromatic N) is 2. The molecule has 3 aromatic rings. The van der Waals surface area contributed by atoms with Gasteiger partial charge in [0, 0.05) is 20.5 Å². The number of carbonyl (C=O) groups excluding carboxylic acids is 1. The van der Waals surface area contributed by atoms with Gasteiger partial charge in [-0.25, -0.2) is 9.78 Å². The van der Waals surface area contributed by atoms with Crippen LogP contribution >= 0.6 is 11.3 Å². The van der Waals surface area contributed by atoms with E-state index in [1.165, 1.54) is 22.5 Å². The van der Waals surface area contributed by atoms with E-state index in [1.54, 1.807) is 0 Å². The van der Waals surface area contributed by atoms with E-state index in [4.69, 9.17) is 4.74 Å². The zero-order chi connectivity index (χ0) is 18.5. The van der Waals surface area contributed by atoms with Gasteiger partial charge in [0.25, 0.3) is 0 Å². The molecule has 0 fully saturated rings. The Kier molecular flexibility index (Phi) is 5.68. The monoisotopic (exact) mass is 366 g/mol. The molecule has 0 atom stereocenters. The van der Waals surface area contributed by atoms with Gasteiger partial charge in [-0.1, -0.05) is 65.9 Å². The first-order valence-electron chi connectivity index (χ1n) is 8.57. The summed E-state index contributed by atoms with van der Waals surface area (Å²) in [4.78, 5) is 19.4. The van der Waals surface area contributed by atoms with Crippen molar-refractivity contribution in [2.75, 3.05) is 25.6 Å². The Balaban J connectivity index is 1.85. The minimum atomic E-state index is -0.297. The van der Waals surface area contributed by atoms with Crippen molar-refractivity contribution in [1.29, 1.82) is 0 Å². The molecule has 26 heavy (non-hydrogen) atoms. The SMILES string of the molecule is CCOC(=O)c1sc(N(C)C)nc1Cc1ccc(-c2ccccc2)cc1. The lowest BCUT2D eigenvalue weighted by Gasteiger charge is -2.06. The molecule has 0 bridgehead atoms. The Morgan fingerprint density at radius 3 is 2.31 bits per heavy atom. The molecule has 0 saturated carbocycles. The molecule has 0 unspecified atom stereocenters. The minimum absolute atomic E-state index is 0.297. The fourth-order valence-electron chi connectivity index (χ4n) is 2.65. The summed E-state index contributed by atoms with van der Waals surface area (Å²) in [6.07, 6.45) is 0.605. The molecule has 0 N–H and O–H groups in total. The van der Waals surface area contributed by atoms with Crippen LogP contribution in [0.2, 0.25) is 0 Å². The zero-order valence-electron chi connectivity index (χ0n) is 15.2. The predicted octanol–water partition coefficient (Wildman–Crippen LogP) is 4.64. The van der Waals surface area contributed by atoms with E-state index in [0.717, 1.165) is 16.4 Å². The molecule has 0 aliphatic rings. The van der Waals surface area contributed by atoms with Crippen LogP contribution in [-0.4, -0.2) is 31.7 Å². The molecule has 3 rings (SSSR count). The number of thiazole rings is 1. The normalized spacial score (nSPS) is 10.6. The van der Waals surface area contributed by atoms with Crippen LogP contribution in [0.25, 0.3) is 11.1 Å². The van der Waals surface area contributed by atoms with Crippen molar-refractivity contribution in [2.24, 2.45) is 0 Å². The second kappa shape index (κ2) is 8.15. The molecular formula is C21H22N2O2S. The van der Waals surface area contributed by atoms with Crippen molar-refractivity contribution < 1.29 is 9.53 Å². The third-order valence-electron chi connectivity index (χ3n) is 3.96. The second-order valence-corrected chi connectivity index (χ2v) is 7.10. The number of rotatable bonds is 6. The van der Waals surface area contributed by atoms with E-state index in [2.05, 4.69) is 41.4 Å². The molecule has 0 radical (unpaired) electrons. The molecule has 1 heterocycles. The lowest BCUT2D eigenvalue weighted by atomic mass is 10.0. The first kappa shape index (κ1) is 18.1. The maximum absolute atomic E-state index is 12.3. The molecule has 1 aromatic heterocycles. The van der Waals surface area contributed by atoms with E-state index in [0.29, 0.717) is 17.9 Å². The van der Waals surface area contributed by atoms with Crippen molar-refractivity contribution in [3.8, 4) is 11.1 Å². The summed E-state index contributed by atoms with van der Waals surface area (Å²) < 4.78 is 5.19. The van der Waals surface area contributed by atoms with Gasteiger partial charge in [-0.05, 0) is 23.6 Å². The van der Waals surface area contributed by atoms with Crippen LogP contribution in [-0.2, 0) is 11.2 Å². The summed E-state index contributed by atoms with van der Waals surface area (Å²) in [6.45, 7) is 2.17. The first-order valence-corrected chi connectivity index (χ1v) is 9.38.